The van der Waals surface area contributed by atoms with Crippen LogP contribution >= 0.6 is 0 Å². The van der Waals surface area contributed by atoms with Crippen LogP contribution in [0.25, 0.3) is 11.0 Å². The van der Waals surface area contributed by atoms with Crippen LogP contribution in [-0.2, 0) is 4.74 Å². The first-order chi connectivity index (χ1) is 13.9. The Labute approximate surface area is 168 Å². The third kappa shape index (κ3) is 4.66. The number of rotatable bonds is 6. The molecular formula is C23H22O6. The predicted octanol–water partition coefficient (Wildman–Crippen LogP) is 5.03. The molecule has 2 aromatic carbocycles. The van der Waals surface area contributed by atoms with Crippen LogP contribution in [0.15, 0.2) is 63.3 Å². The molecule has 0 saturated carbocycles. The fraction of sp³-hybridized carbons (Fsp3) is 0.217. The van der Waals surface area contributed by atoms with Gasteiger partial charge in [0.25, 0.3) is 0 Å². The van der Waals surface area contributed by atoms with E-state index in [-0.39, 0.29) is 11.2 Å². The maximum absolute atomic E-state index is 12.9. The maximum atomic E-state index is 12.9. The van der Waals surface area contributed by atoms with Crippen LogP contribution in [0, 0.1) is 6.92 Å². The van der Waals surface area contributed by atoms with E-state index < -0.39 is 5.97 Å². The molecule has 0 aliphatic heterocycles. The fourth-order valence-electron chi connectivity index (χ4n) is 2.68. The van der Waals surface area contributed by atoms with Crippen molar-refractivity contribution in [3.63, 3.8) is 0 Å². The molecular weight excluding hydrogens is 372 g/mol. The molecule has 6 nitrogen and oxygen atoms in total. The first-order valence-corrected chi connectivity index (χ1v) is 9.09. The van der Waals surface area contributed by atoms with Gasteiger partial charge in [-0.05, 0) is 63.2 Å². The Hall–Kier alpha value is -3.54. The van der Waals surface area contributed by atoms with Crippen molar-refractivity contribution in [2.75, 3.05) is 13.7 Å². The average molecular weight is 394 g/mol. The second kappa shape index (κ2) is 8.65. The van der Waals surface area contributed by atoms with Gasteiger partial charge in [-0.2, -0.15) is 0 Å². The topological polar surface area (TPSA) is 75.0 Å². The molecule has 0 saturated heterocycles. The average Bonchev–Trinajstić information content (AvgIpc) is 2.70. The number of ether oxygens (including phenoxy) is 3. The quantitative estimate of drug-likeness (QED) is 0.431. The Bertz CT molecular complexity index is 1120. The second-order valence-electron chi connectivity index (χ2n) is 6.68. The zero-order valence-electron chi connectivity index (χ0n) is 16.8. The van der Waals surface area contributed by atoms with Crippen LogP contribution in [-0.4, -0.2) is 19.7 Å². The summed E-state index contributed by atoms with van der Waals surface area (Å²) in [4.78, 5) is 24.4. The van der Waals surface area contributed by atoms with Gasteiger partial charge in [0.2, 0.25) is 11.2 Å². The zero-order chi connectivity index (χ0) is 21.0. The molecule has 29 heavy (non-hydrogen) atoms. The summed E-state index contributed by atoms with van der Waals surface area (Å²) >= 11 is 0. The first-order valence-electron chi connectivity index (χ1n) is 9.09. The van der Waals surface area contributed by atoms with Crippen molar-refractivity contribution in [1.82, 2.24) is 0 Å². The number of aryl methyl sites for hydroxylation is 1. The van der Waals surface area contributed by atoms with Crippen molar-refractivity contribution in [3.8, 4) is 17.2 Å². The number of hydrogen-bond acceptors (Lipinski definition) is 6. The summed E-state index contributed by atoms with van der Waals surface area (Å²) in [6.45, 7) is 6.10. The molecule has 0 aliphatic rings. The molecule has 0 spiro atoms. The molecule has 6 heteroatoms. The molecule has 0 bridgehead atoms. The molecule has 1 heterocycles. The molecule has 0 fully saturated rings. The normalized spacial score (nSPS) is 10.5. The summed E-state index contributed by atoms with van der Waals surface area (Å²) in [5.74, 6) is 1.03. The molecule has 0 N–H and O–H groups in total. The van der Waals surface area contributed by atoms with E-state index in [1.54, 1.807) is 49.4 Å². The Kier molecular flexibility index (Phi) is 6.02. The summed E-state index contributed by atoms with van der Waals surface area (Å²) in [5.41, 5.74) is 1.70. The van der Waals surface area contributed by atoms with Crippen molar-refractivity contribution in [2.24, 2.45) is 0 Å². The van der Waals surface area contributed by atoms with Crippen molar-refractivity contribution >= 4 is 16.9 Å². The minimum Gasteiger partial charge on any atom is -0.489 e. The van der Waals surface area contributed by atoms with E-state index >= 15 is 0 Å². The monoisotopic (exact) mass is 394 g/mol. The molecule has 150 valence electrons. The third-order valence-electron chi connectivity index (χ3n) is 4.22. The van der Waals surface area contributed by atoms with Crippen LogP contribution in [0.5, 0.6) is 17.2 Å². The summed E-state index contributed by atoms with van der Waals surface area (Å²) in [7, 11) is 1.31. The smallest absolute Gasteiger partial charge is 0.337 e. The Morgan fingerprint density at radius 2 is 1.76 bits per heavy atom. The van der Waals surface area contributed by atoms with Crippen molar-refractivity contribution in [3.05, 3.63) is 75.7 Å². The Morgan fingerprint density at radius 1 is 1.07 bits per heavy atom. The number of allylic oxidation sites excluding steroid dienone is 1. The van der Waals surface area contributed by atoms with Crippen LogP contribution in [0.2, 0.25) is 0 Å². The molecule has 0 aliphatic carbocycles. The van der Waals surface area contributed by atoms with Crippen LogP contribution < -0.4 is 14.9 Å². The van der Waals surface area contributed by atoms with Crippen LogP contribution in [0.4, 0.5) is 0 Å². The number of carbonyl (C=O) groups excluding carboxylic acids is 1. The molecule has 3 aromatic rings. The fourth-order valence-corrected chi connectivity index (χ4v) is 2.68. The summed E-state index contributed by atoms with van der Waals surface area (Å²) in [6.07, 6.45) is 1.97. The third-order valence-corrected chi connectivity index (χ3v) is 4.22. The van der Waals surface area contributed by atoms with Gasteiger partial charge in [0.05, 0.1) is 18.1 Å². The van der Waals surface area contributed by atoms with Crippen LogP contribution in [0.1, 0.15) is 30.0 Å². The molecule has 0 atom stereocenters. The summed E-state index contributed by atoms with van der Waals surface area (Å²) in [5, 5.41) is 0.395. The lowest BCUT2D eigenvalue weighted by atomic mass is 10.2. The predicted molar refractivity (Wildman–Crippen MR) is 110 cm³/mol. The van der Waals surface area contributed by atoms with Gasteiger partial charge in [-0.1, -0.05) is 5.57 Å². The zero-order valence-corrected chi connectivity index (χ0v) is 16.8. The van der Waals surface area contributed by atoms with E-state index in [1.807, 2.05) is 19.9 Å². The van der Waals surface area contributed by atoms with E-state index in [2.05, 4.69) is 4.74 Å². The minimum atomic E-state index is -0.444. The van der Waals surface area contributed by atoms with Gasteiger partial charge in [-0.15, -0.1) is 0 Å². The van der Waals surface area contributed by atoms with E-state index in [0.717, 1.165) is 5.57 Å². The highest BCUT2D eigenvalue weighted by atomic mass is 16.5. The van der Waals surface area contributed by atoms with E-state index in [1.165, 1.54) is 7.11 Å². The maximum Gasteiger partial charge on any atom is 0.337 e. The highest BCUT2D eigenvalue weighted by molar-refractivity contribution is 5.89. The number of benzene rings is 2. The van der Waals surface area contributed by atoms with Gasteiger partial charge in [-0.25, -0.2) is 4.79 Å². The lowest BCUT2D eigenvalue weighted by Gasteiger charge is -2.10. The van der Waals surface area contributed by atoms with Gasteiger partial charge in [-0.3, -0.25) is 4.79 Å². The highest BCUT2D eigenvalue weighted by Crippen LogP contribution is 2.27. The standard InChI is InChI=1S/C23H22O6/c1-14(2)11-12-27-18-9-10-19-20(13-18)28-15(3)22(21(19)24)29-17-7-5-16(6-8-17)23(25)26-4/h5-11,13H,12H2,1-4H3. The minimum absolute atomic E-state index is 0.0986. The van der Waals surface area contributed by atoms with E-state index in [9.17, 15) is 9.59 Å². The molecule has 0 amide bonds. The molecule has 1 aromatic heterocycles. The molecule has 0 unspecified atom stereocenters. The van der Waals surface area contributed by atoms with Gasteiger partial charge < -0.3 is 18.6 Å². The number of esters is 1. The Balaban J connectivity index is 1.88. The van der Waals surface area contributed by atoms with Crippen molar-refractivity contribution in [2.45, 2.75) is 20.8 Å². The Morgan fingerprint density at radius 3 is 2.41 bits per heavy atom. The largest absolute Gasteiger partial charge is 0.489 e. The summed E-state index contributed by atoms with van der Waals surface area (Å²) < 4.78 is 21.9. The molecule has 3 rings (SSSR count). The number of carbonyl (C=O) groups is 1. The van der Waals surface area contributed by atoms with E-state index in [0.29, 0.717) is 40.4 Å². The first kappa shape index (κ1) is 20.2. The van der Waals surface area contributed by atoms with Gasteiger partial charge >= 0.3 is 5.97 Å². The van der Waals surface area contributed by atoms with Gasteiger partial charge in [0, 0.05) is 6.07 Å². The second-order valence-corrected chi connectivity index (χ2v) is 6.68. The van der Waals surface area contributed by atoms with Crippen LogP contribution in [0.3, 0.4) is 0 Å². The van der Waals surface area contributed by atoms with Gasteiger partial charge in [0.15, 0.2) is 0 Å². The van der Waals surface area contributed by atoms with Gasteiger partial charge in [0.1, 0.15) is 29.4 Å². The lowest BCUT2D eigenvalue weighted by molar-refractivity contribution is 0.0600. The SMILES string of the molecule is COC(=O)c1ccc(Oc2c(C)oc3cc(OCC=C(C)C)ccc3c2=O)cc1. The highest BCUT2D eigenvalue weighted by Gasteiger charge is 2.15. The number of hydrogen-bond donors (Lipinski definition) is 0. The summed E-state index contributed by atoms with van der Waals surface area (Å²) in [6, 6.07) is 11.4. The lowest BCUT2D eigenvalue weighted by Crippen LogP contribution is -2.08. The van der Waals surface area contributed by atoms with Crippen molar-refractivity contribution in [1.29, 1.82) is 0 Å². The van der Waals surface area contributed by atoms with Crippen molar-refractivity contribution < 1.29 is 23.4 Å². The number of methoxy groups -OCH3 is 1. The number of fused-ring (bicyclic) bond motifs is 1. The van der Waals surface area contributed by atoms with E-state index in [4.69, 9.17) is 13.9 Å². The molecule has 0 radical (unpaired) electrons.